The van der Waals surface area contributed by atoms with Gasteiger partial charge in [-0.3, -0.25) is 4.79 Å². The van der Waals surface area contributed by atoms with Crippen LogP contribution in [0, 0.1) is 6.92 Å². The quantitative estimate of drug-likeness (QED) is 0.644. The van der Waals surface area contributed by atoms with Crippen LogP contribution in [0.15, 0.2) is 18.2 Å². The van der Waals surface area contributed by atoms with E-state index in [1.54, 1.807) is 32.2 Å². The minimum absolute atomic E-state index is 0.229. The van der Waals surface area contributed by atoms with E-state index in [1.807, 2.05) is 6.92 Å². The van der Waals surface area contributed by atoms with Gasteiger partial charge >= 0.3 is 5.97 Å². The van der Waals surface area contributed by atoms with E-state index < -0.39 is 5.97 Å². The number of nitrogens with two attached hydrogens (primary N) is 1. The molecule has 0 radical (unpaired) electrons. The van der Waals surface area contributed by atoms with Crippen molar-refractivity contribution >= 4 is 17.6 Å². The fourth-order valence-electron chi connectivity index (χ4n) is 1.37. The molecule has 2 N–H and O–H groups in total. The van der Waals surface area contributed by atoms with Crippen LogP contribution in [0.5, 0.6) is 0 Å². The van der Waals surface area contributed by atoms with E-state index >= 15 is 0 Å². The third-order valence-electron chi connectivity index (χ3n) is 2.82. The molecule has 0 aliphatic carbocycles. The minimum atomic E-state index is -0.530. The summed E-state index contributed by atoms with van der Waals surface area (Å²) >= 11 is 0. The molecule has 0 atom stereocenters. The predicted molar refractivity (Wildman–Crippen MR) is 69.2 cm³/mol. The number of carbonyl (C=O) groups excluding carboxylic acids is 2. The van der Waals surface area contributed by atoms with Crippen molar-refractivity contribution in [2.24, 2.45) is 0 Å². The van der Waals surface area contributed by atoms with Gasteiger partial charge < -0.3 is 15.4 Å². The Kier molecular flexibility index (Phi) is 4.71. The average Bonchev–Trinajstić information content (AvgIpc) is 2.37. The summed E-state index contributed by atoms with van der Waals surface area (Å²) in [6.45, 7) is 3.92. The van der Waals surface area contributed by atoms with Crippen LogP contribution in [0.3, 0.4) is 0 Å². The first kappa shape index (κ1) is 14.0. The summed E-state index contributed by atoms with van der Waals surface area (Å²) in [5, 5.41) is 0. The van der Waals surface area contributed by atoms with Gasteiger partial charge in [0.2, 0.25) is 0 Å². The van der Waals surface area contributed by atoms with Gasteiger partial charge in [-0.05, 0) is 31.5 Å². The van der Waals surface area contributed by atoms with E-state index in [-0.39, 0.29) is 12.5 Å². The smallest absolute Gasteiger partial charge is 0.338 e. The number of carbonyl (C=O) groups is 2. The van der Waals surface area contributed by atoms with Crippen molar-refractivity contribution < 1.29 is 14.3 Å². The van der Waals surface area contributed by atoms with Gasteiger partial charge in [0, 0.05) is 19.3 Å². The molecule has 1 rings (SSSR count). The van der Waals surface area contributed by atoms with Crippen molar-refractivity contribution in [3.8, 4) is 0 Å². The van der Waals surface area contributed by atoms with Crippen molar-refractivity contribution in [2.75, 3.05) is 25.9 Å². The number of hydrogen-bond donors (Lipinski definition) is 1. The number of ether oxygens (including phenoxy) is 1. The van der Waals surface area contributed by atoms with Crippen molar-refractivity contribution in [1.29, 1.82) is 0 Å². The largest absolute Gasteiger partial charge is 0.452 e. The number of hydrogen-bond acceptors (Lipinski definition) is 4. The summed E-state index contributed by atoms with van der Waals surface area (Å²) in [7, 11) is 1.65. The summed E-state index contributed by atoms with van der Waals surface area (Å²) in [4.78, 5) is 24.8. The maximum atomic E-state index is 11.8. The van der Waals surface area contributed by atoms with E-state index in [0.29, 0.717) is 23.4 Å². The number of nitrogens with zero attached hydrogens (tertiary/aromatic N) is 1. The molecule has 1 amide bonds. The van der Waals surface area contributed by atoms with E-state index in [1.165, 1.54) is 4.90 Å². The molecule has 0 fully saturated rings. The van der Waals surface area contributed by atoms with Gasteiger partial charge in [0.05, 0.1) is 5.56 Å². The number of esters is 1. The SMILES string of the molecule is CCN(C)C(=O)COC(=O)c1cccc(N)c1C. The molecule has 0 saturated carbocycles. The zero-order valence-corrected chi connectivity index (χ0v) is 10.9. The summed E-state index contributed by atoms with van der Waals surface area (Å²) < 4.78 is 4.96. The zero-order chi connectivity index (χ0) is 13.7. The summed E-state index contributed by atoms with van der Waals surface area (Å²) in [6.07, 6.45) is 0. The molecule has 0 aromatic heterocycles. The van der Waals surface area contributed by atoms with Crippen LogP contribution in [0.2, 0.25) is 0 Å². The third-order valence-corrected chi connectivity index (χ3v) is 2.82. The van der Waals surface area contributed by atoms with Crippen LogP contribution in [-0.4, -0.2) is 37.0 Å². The van der Waals surface area contributed by atoms with Gasteiger partial charge in [-0.25, -0.2) is 4.79 Å². The normalized spacial score (nSPS) is 9.94. The lowest BCUT2D eigenvalue weighted by Crippen LogP contribution is -2.31. The van der Waals surface area contributed by atoms with E-state index in [9.17, 15) is 9.59 Å². The first-order chi connectivity index (χ1) is 8.47. The molecule has 0 saturated heterocycles. The Labute approximate surface area is 107 Å². The van der Waals surface area contributed by atoms with Crippen LogP contribution in [0.25, 0.3) is 0 Å². The van der Waals surface area contributed by atoms with E-state index in [2.05, 4.69) is 0 Å². The Hall–Kier alpha value is -2.04. The topological polar surface area (TPSA) is 72.6 Å². The highest BCUT2D eigenvalue weighted by Crippen LogP contribution is 2.16. The monoisotopic (exact) mass is 250 g/mol. The molecule has 0 bridgehead atoms. The molecule has 0 heterocycles. The number of likely N-dealkylation sites (N-methyl/N-ethyl adjacent to an activating group) is 1. The van der Waals surface area contributed by atoms with E-state index in [4.69, 9.17) is 10.5 Å². The van der Waals surface area contributed by atoms with Crippen LogP contribution < -0.4 is 5.73 Å². The van der Waals surface area contributed by atoms with E-state index in [0.717, 1.165) is 0 Å². The standard InChI is InChI=1S/C13H18N2O3/c1-4-15(3)12(16)8-18-13(17)10-6-5-7-11(14)9(10)2/h5-7H,4,8,14H2,1-3H3. The average molecular weight is 250 g/mol. The fourth-order valence-corrected chi connectivity index (χ4v) is 1.37. The maximum absolute atomic E-state index is 11.8. The number of nitrogen functional groups attached to an aromatic ring is 1. The zero-order valence-electron chi connectivity index (χ0n) is 10.9. The molecule has 0 spiro atoms. The highest BCUT2D eigenvalue weighted by atomic mass is 16.5. The molecule has 5 nitrogen and oxygen atoms in total. The van der Waals surface area contributed by atoms with Gasteiger partial charge in [-0.2, -0.15) is 0 Å². The lowest BCUT2D eigenvalue weighted by atomic mass is 10.1. The predicted octanol–water partition coefficient (Wildman–Crippen LogP) is 1.21. The summed E-state index contributed by atoms with van der Waals surface area (Å²) in [6, 6.07) is 5.02. The second kappa shape index (κ2) is 6.05. The third kappa shape index (κ3) is 3.23. The fraction of sp³-hybridized carbons (Fsp3) is 0.385. The number of benzene rings is 1. The van der Waals surface area contributed by atoms with Crippen LogP contribution in [-0.2, 0) is 9.53 Å². The van der Waals surface area contributed by atoms with Crippen molar-refractivity contribution in [3.63, 3.8) is 0 Å². The number of anilines is 1. The molecule has 1 aromatic rings. The Morgan fingerprint density at radius 1 is 1.39 bits per heavy atom. The molecule has 5 heteroatoms. The Morgan fingerprint density at radius 3 is 2.67 bits per heavy atom. The molecule has 98 valence electrons. The van der Waals surface area contributed by atoms with Crippen molar-refractivity contribution in [2.45, 2.75) is 13.8 Å². The van der Waals surface area contributed by atoms with Crippen LogP contribution in [0.4, 0.5) is 5.69 Å². The van der Waals surface area contributed by atoms with Crippen molar-refractivity contribution in [1.82, 2.24) is 4.90 Å². The molecular weight excluding hydrogens is 232 g/mol. The van der Waals surface area contributed by atoms with Gasteiger partial charge in [-0.1, -0.05) is 6.07 Å². The van der Waals surface area contributed by atoms with Crippen molar-refractivity contribution in [3.05, 3.63) is 29.3 Å². The second-order valence-corrected chi connectivity index (χ2v) is 4.00. The second-order valence-electron chi connectivity index (χ2n) is 4.00. The Morgan fingerprint density at radius 2 is 2.06 bits per heavy atom. The first-order valence-electron chi connectivity index (χ1n) is 5.73. The minimum Gasteiger partial charge on any atom is -0.452 e. The summed E-state index contributed by atoms with van der Waals surface area (Å²) in [5.74, 6) is -0.759. The lowest BCUT2D eigenvalue weighted by molar-refractivity contribution is -0.133. The molecule has 0 aliphatic heterocycles. The molecule has 0 aliphatic rings. The number of amides is 1. The highest BCUT2D eigenvalue weighted by molar-refractivity contribution is 5.94. The Bertz CT molecular complexity index is 458. The van der Waals surface area contributed by atoms with Gasteiger partial charge in [0.25, 0.3) is 5.91 Å². The van der Waals surface area contributed by atoms with Gasteiger partial charge in [0.1, 0.15) is 0 Å². The lowest BCUT2D eigenvalue weighted by Gasteiger charge is -2.14. The Balaban J connectivity index is 2.67. The maximum Gasteiger partial charge on any atom is 0.338 e. The first-order valence-corrected chi connectivity index (χ1v) is 5.73. The van der Waals surface area contributed by atoms with Gasteiger partial charge in [-0.15, -0.1) is 0 Å². The molecule has 0 unspecified atom stereocenters. The molecular formula is C13H18N2O3. The number of rotatable bonds is 4. The highest BCUT2D eigenvalue weighted by Gasteiger charge is 2.14. The van der Waals surface area contributed by atoms with Crippen LogP contribution in [0.1, 0.15) is 22.8 Å². The molecule has 1 aromatic carbocycles. The van der Waals surface area contributed by atoms with Gasteiger partial charge in [0.15, 0.2) is 6.61 Å². The summed E-state index contributed by atoms with van der Waals surface area (Å²) in [5.41, 5.74) is 7.29. The van der Waals surface area contributed by atoms with Crippen LogP contribution >= 0.6 is 0 Å². The molecule has 18 heavy (non-hydrogen) atoms.